The number of hydrogen-bond acceptors (Lipinski definition) is 3. The zero-order chi connectivity index (χ0) is 15.9. The molecule has 5 heteroatoms. The third-order valence-electron chi connectivity index (χ3n) is 3.24. The van der Waals surface area contributed by atoms with Crippen LogP contribution in [0, 0.1) is 17.1 Å². The molecule has 112 valence electrons. The predicted molar refractivity (Wildman–Crippen MR) is 84.1 cm³/mol. The zero-order valence-corrected chi connectivity index (χ0v) is 12.2. The van der Waals surface area contributed by atoms with Gasteiger partial charge < -0.3 is 10.6 Å². The van der Waals surface area contributed by atoms with E-state index < -0.39 is 5.82 Å². The summed E-state index contributed by atoms with van der Waals surface area (Å²) in [6.45, 7) is 1.96. The van der Waals surface area contributed by atoms with E-state index in [-0.39, 0.29) is 18.0 Å². The third kappa shape index (κ3) is 3.61. The fourth-order valence-electron chi connectivity index (χ4n) is 2.11. The zero-order valence-electron chi connectivity index (χ0n) is 12.2. The van der Waals surface area contributed by atoms with Crippen molar-refractivity contribution in [3.63, 3.8) is 0 Å². The summed E-state index contributed by atoms with van der Waals surface area (Å²) in [5.41, 5.74) is 2.02. The van der Waals surface area contributed by atoms with E-state index in [4.69, 9.17) is 5.26 Å². The molecule has 0 aliphatic carbocycles. The Bertz CT molecular complexity index is 722. The van der Waals surface area contributed by atoms with Crippen molar-refractivity contribution >= 4 is 17.3 Å². The molecule has 0 spiro atoms. The van der Waals surface area contributed by atoms with Crippen LogP contribution in [-0.2, 0) is 11.2 Å². The van der Waals surface area contributed by atoms with Crippen molar-refractivity contribution in [2.24, 2.45) is 0 Å². The number of nitrogens with one attached hydrogen (secondary N) is 2. The summed E-state index contributed by atoms with van der Waals surface area (Å²) in [5, 5.41) is 14.5. The van der Waals surface area contributed by atoms with E-state index in [0.29, 0.717) is 5.69 Å². The van der Waals surface area contributed by atoms with Crippen molar-refractivity contribution in [3.05, 3.63) is 59.4 Å². The molecule has 0 aliphatic rings. The van der Waals surface area contributed by atoms with Crippen LogP contribution in [0.2, 0.25) is 0 Å². The maximum absolute atomic E-state index is 13.5. The first-order chi connectivity index (χ1) is 10.7. The Labute approximate surface area is 128 Å². The minimum atomic E-state index is -0.607. The summed E-state index contributed by atoms with van der Waals surface area (Å²) in [6, 6.07) is 13.6. The molecule has 0 atom stereocenters. The van der Waals surface area contributed by atoms with Crippen LogP contribution < -0.4 is 10.6 Å². The number of halogens is 1. The van der Waals surface area contributed by atoms with Crippen LogP contribution in [-0.4, -0.2) is 12.5 Å². The van der Waals surface area contributed by atoms with Gasteiger partial charge in [0.15, 0.2) is 0 Å². The van der Waals surface area contributed by atoms with Gasteiger partial charge in [0.05, 0.1) is 12.2 Å². The number of nitrogens with zero attached hydrogens (tertiary/aromatic N) is 1. The standard InChI is InChI=1S/C17H16FN3O/c1-2-12-6-3-4-8-15(12)21-17(22)11-20-16-9-5-7-14(18)13(16)10-19/h3-9,20H,2,11H2,1H3,(H,21,22). The number of carbonyl (C=O) groups is 1. The third-order valence-corrected chi connectivity index (χ3v) is 3.24. The average Bonchev–Trinajstić information content (AvgIpc) is 2.53. The normalized spacial score (nSPS) is 9.86. The lowest BCUT2D eigenvalue weighted by atomic mass is 10.1. The minimum Gasteiger partial charge on any atom is -0.375 e. The van der Waals surface area contributed by atoms with Gasteiger partial charge >= 0.3 is 0 Å². The van der Waals surface area contributed by atoms with Crippen molar-refractivity contribution < 1.29 is 9.18 Å². The molecule has 2 N–H and O–H groups in total. The van der Waals surface area contributed by atoms with E-state index in [2.05, 4.69) is 10.6 Å². The molecule has 0 unspecified atom stereocenters. The molecule has 22 heavy (non-hydrogen) atoms. The second-order valence-electron chi connectivity index (χ2n) is 4.69. The second-order valence-corrected chi connectivity index (χ2v) is 4.69. The first kappa shape index (κ1) is 15.5. The molecule has 2 aromatic carbocycles. The predicted octanol–water partition coefficient (Wildman–Crippen LogP) is 3.31. The summed E-state index contributed by atoms with van der Waals surface area (Å²) >= 11 is 0. The molecular formula is C17H16FN3O. The van der Waals surface area contributed by atoms with Crippen LogP contribution in [0.5, 0.6) is 0 Å². The molecule has 2 rings (SSSR count). The SMILES string of the molecule is CCc1ccccc1NC(=O)CNc1cccc(F)c1C#N. The number of para-hydroxylation sites is 1. The number of hydrogen-bond donors (Lipinski definition) is 2. The van der Waals surface area contributed by atoms with Gasteiger partial charge in [-0.15, -0.1) is 0 Å². The number of benzene rings is 2. The lowest BCUT2D eigenvalue weighted by molar-refractivity contribution is -0.114. The smallest absolute Gasteiger partial charge is 0.243 e. The molecule has 2 aromatic rings. The molecule has 0 saturated carbocycles. The Morgan fingerprint density at radius 1 is 1.18 bits per heavy atom. The Morgan fingerprint density at radius 2 is 1.91 bits per heavy atom. The molecule has 0 radical (unpaired) electrons. The van der Waals surface area contributed by atoms with Crippen molar-refractivity contribution in [2.45, 2.75) is 13.3 Å². The molecule has 0 aromatic heterocycles. The van der Waals surface area contributed by atoms with Crippen LogP contribution in [0.1, 0.15) is 18.1 Å². The van der Waals surface area contributed by atoms with Crippen LogP contribution in [0.3, 0.4) is 0 Å². The highest BCUT2D eigenvalue weighted by Crippen LogP contribution is 2.18. The Kier molecular flexibility index (Phi) is 5.10. The van der Waals surface area contributed by atoms with Gasteiger partial charge in [-0.2, -0.15) is 5.26 Å². The van der Waals surface area contributed by atoms with Gasteiger partial charge in [-0.05, 0) is 30.2 Å². The van der Waals surface area contributed by atoms with Crippen LogP contribution in [0.15, 0.2) is 42.5 Å². The lowest BCUT2D eigenvalue weighted by Gasteiger charge is -2.11. The van der Waals surface area contributed by atoms with Crippen LogP contribution >= 0.6 is 0 Å². The largest absolute Gasteiger partial charge is 0.375 e. The first-order valence-corrected chi connectivity index (χ1v) is 6.96. The number of nitriles is 1. The molecular weight excluding hydrogens is 281 g/mol. The molecule has 0 aliphatic heterocycles. The highest BCUT2D eigenvalue weighted by molar-refractivity contribution is 5.94. The van der Waals surface area contributed by atoms with Crippen LogP contribution in [0.25, 0.3) is 0 Å². The summed E-state index contributed by atoms with van der Waals surface area (Å²) in [7, 11) is 0. The quantitative estimate of drug-likeness (QED) is 0.890. The van der Waals surface area contributed by atoms with Gasteiger partial charge in [0.1, 0.15) is 17.4 Å². The topological polar surface area (TPSA) is 64.9 Å². The van der Waals surface area contributed by atoms with Gasteiger partial charge in [0, 0.05) is 5.69 Å². The molecule has 4 nitrogen and oxygen atoms in total. The molecule has 0 bridgehead atoms. The van der Waals surface area contributed by atoms with E-state index in [1.54, 1.807) is 12.1 Å². The average molecular weight is 297 g/mol. The van der Waals surface area contributed by atoms with E-state index in [9.17, 15) is 9.18 Å². The van der Waals surface area contributed by atoms with E-state index >= 15 is 0 Å². The Balaban J connectivity index is 2.02. The number of amides is 1. The first-order valence-electron chi connectivity index (χ1n) is 6.96. The summed E-state index contributed by atoms with van der Waals surface area (Å²) < 4.78 is 13.5. The summed E-state index contributed by atoms with van der Waals surface area (Å²) in [5.74, 6) is -0.863. The number of anilines is 2. The Morgan fingerprint density at radius 3 is 2.64 bits per heavy atom. The van der Waals surface area contributed by atoms with Crippen molar-refractivity contribution in [3.8, 4) is 6.07 Å². The number of aryl methyl sites for hydroxylation is 1. The molecule has 0 saturated heterocycles. The maximum atomic E-state index is 13.5. The van der Waals surface area contributed by atoms with E-state index in [1.807, 2.05) is 31.2 Å². The molecule has 0 heterocycles. The minimum absolute atomic E-state index is 0.0455. The number of carbonyl (C=O) groups excluding carboxylic acids is 1. The summed E-state index contributed by atoms with van der Waals surface area (Å²) in [6.07, 6.45) is 0.812. The fourth-order valence-corrected chi connectivity index (χ4v) is 2.11. The second kappa shape index (κ2) is 7.23. The maximum Gasteiger partial charge on any atom is 0.243 e. The fraction of sp³-hybridized carbons (Fsp3) is 0.176. The van der Waals surface area contributed by atoms with Crippen molar-refractivity contribution in [1.82, 2.24) is 0 Å². The highest BCUT2D eigenvalue weighted by atomic mass is 19.1. The number of rotatable bonds is 5. The van der Waals surface area contributed by atoms with E-state index in [1.165, 1.54) is 12.1 Å². The van der Waals surface area contributed by atoms with Gasteiger partial charge in [-0.25, -0.2) is 4.39 Å². The van der Waals surface area contributed by atoms with E-state index in [0.717, 1.165) is 17.7 Å². The van der Waals surface area contributed by atoms with Gasteiger partial charge in [-0.3, -0.25) is 4.79 Å². The van der Waals surface area contributed by atoms with Crippen molar-refractivity contribution in [2.75, 3.05) is 17.2 Å². The molecule has 1 amide bonds. The lowest BCUT2D eigenvalue weighted by Crippen LogP contribution is -2.22. The summed E-state index contributed by atoms with van der Waals surface area (Å²) in [4.78, 5) is 12.0. The molecule has 0 fully saturated rings. The monoisotopic (exact) mass is 297 g/mol. The Hall–Kier alpha value is -2.87. The van der Waals surface area contributed by atoms with Gasteiger partial charge in [0.2, 0.25) is 5.91 Å². The highest BCUT2D eigenvalue weighted by Gasteiger charge is 2.10. The van der Waals surface area contributed by atoms with Crippen molar-refractivity contribution in [1.29, 1.82) is 5.26 Å². The van der Waals surface area contributed by atoms with Crippen LogP contribution in [0.4, 0.5) is 15.8 Å². The van der Waals surface area contributed by atoms with Gasteiger partial charge in [-0.1, -0.05) is 31.2 Å². The van der Waals surface area contributed by atoms with Gasteiger partial charge in [0.25, 0.3) is 0 Å².